The first-order valence-corrected chi connectivity index (χ1v) is 13.4. The van der Waals surface area contributed by atoms with E-state index in [0.29, 0.717) is 36.2 Å². The van der Waals surface area contributed by atoms with Crippen molar-refractivity contribution < 1.29 is 19.1 Å². The van der Waals surface area contributed by atoms with Gasteiger partial charge in [0.15, 0.2) is 0 Å². The average Bonchev–Trinajstić information content (AvgIpc) is 3.14. The number of piperidine rings is 1. The fourth-order valence-corrected chi connectivity index (χ4v) is 6.36. The van der Waals surface area contributed by atoms with Crippen molar-refractivity contribution in [2.45, 2.75) is 79.2 Å². The Morgan fingerprint density at radius 2 is 1.89 bits per heavy atom. The lowest BCUT2D eigenvalue weighted by atomic mass is 9.80. The van der Waals surface area contributed by atoms with E-state index < -0.39 is 11.5 Å². The van der Waals surface area contributed by atoms with Gasteiger partial charge in [-0.15, -0.1) is 11.3 Å². The predicted molar refractivity (Wildman–Crippen MR) is 140 cm³/mol. The van der Waals surface area contributed by atoms with Crippen LogP contribution in [0.1, 0.15) is 87.5 Å². The molecule has 0 saturated carbocycles. The quantitative estimate of drug-likeness (QED) is 0.558. The summed E-state index contributed by atoms with van der Waals surface area (Å²) in [7, 11) is 0. The Labute approximate surface area is 213 Å². The van der Waals surface area contributed by atoms with Crippen LogP contribution in [0.2, 0.25) is 0 Å². The van der Waals surface area contributed by atoms with Gasteiger partial charge in [-0.2, -0.15) is 0 Å². The van der Waals surface area contributed by atoms with Crippen LogP contribution >= 0.6 is 11.3 Å². The Bertz CT molecular complexity index is 1030. The number of dihydropyridines is 1. The first-order valence-electron chi connectivity index (χ1n) is 12.5. The van der Waals surface area contributed by atoms with Crippen molar-refractivity contribution in [2.24, 2.45) is 16.8 Å². The Hall–Kier alpha value is -2.48. The summed E-state index contributed by atoms with van der Waals surface area (Å²) in [5.41, 5.74) is 2.84. The number of rotatable bonds is 6. The van der Waals surface area contributed by atoms with Crippen molar-refractivity contribution in [3.8, 4) is 0 Å². The largest absolute Gasteiger partial charge is 0.444 e. The molecule has 1 N–H and O–H groups in total. The lowest BCUT2D eigenvalue weighted by molar-refractivity contribution is -0.120. The molecule has 3 rings (SSSR count). The van der Waals surface area contributed by atoms with Gasteiger partial charge in [-0.1, -0.05) is 12.5 Å². The standard InChI is InChI=1S/C27H39N3O4S/c1-8-20(19-9-11-30(12-10-19)26(33)34-27(5,6)7)23-18(4)22(15-35-23)24(31)28-14-21-16(2)13-17(3)29-25(21)32/h13,15,19-21H,8-12,14H2,1-7H3,(H,28,31). The maximum Gasteiger partial charge on any atom is 0.410 e. The molecule has 3 amide bonds. The van der Waals surface area contributed by atoms with Gasteiger partial charge in [-0.3, -0.25) is 9.59 Å². The number of aliphatic imine (C=N–C) groups is 1. The van der Waals surface area contributed by atoms with Gasteiger partial charge in [-0.25, -0.2) is 9.79 Å². The number of ether oxygens (including phenoxy) is 1. The third kappa shape index (κ3) is 6.60. The van der Waals surface area contributed by atoms with Crippen LogP contribution in [-0.2, 0) is 9.53 Å². The topological polar surface area (TPSA) is 88.1 Å². The van der Waals surface area contributed by atoms with E-state index in [1.165, 1.54) is 4.88 Å². The zero-order valence-corrected chi connectivity index (χ0v) is 22.9. The second kappa shape index (κ2) is 11.1. The lowest BCUT2D eigenvalue weighted by Crippen LogP contribution is -2.42. The van der Waals surface area contributed by atoms with Gasteiger partial charge in [0.25, 0.3) is 11.8 Å². The van der Waals surface area contributed by atoms with Crippen molar-refractivity contribution in [1.29, 1.82) is 0 Å². The molecule has 0 aliphatic carbocycles. The fourth-order valence-electron chi connectivity index (χ4n) is 5.01. The van der Waals surface area contributed by atoms with Crippen molar-refractivity contribution in [2.75, 3.05) is 19.6 Å². The number of likely N-dealkylation sites (tertiary alicyclic amines) is 1. The van der Waals surface area contributed by atoms with E-state index in [-0.39, 0.29) is 24.5 Å². The molecule has 35 heavy (non-hydrogen) atoms. The van der Waals surface area contributed by atoms with Gasteiger partial charge in [-0.05, 0) is 84.3 Å². The number of amides is 3. The van der Waals surface area contributed by atoms with Gasteiger partial charge in [0, 0.05) is 35.6 Å². The van der Waals surface area contributed by atoms with Crippen LogP contribution in [-0.4, -0.2) is 53.8 Å². The lowest BCUT2D eigenvalue weighted by Gasteiger charge is -2.36. The van der Waals surface area contributed by atoms with Gasteiger partial charge in [0.05, 0.1) is 11.5 Å². The van der Waals surface area contributed by atoms with E-state index in [1.807, 2.05) is 51.0 Å². The van der Waals surface area contributed by atoms with Crippen LogP contribution in [0.3, 0.4) is 0 Å². The monoisotopic (exact) mass is 501 g/mol. The van der Waals surface area contributed by atoms with E-state index in [2.05, 4.69) is 17.2 Å². The molecule has 0 aromatic carbocycles. The zero-order chi connectivity index (χ0) is 25.9. The molecule has 8 heteroatoms. The number of nitrogens with one attached hydrogen (secondary N) is 1. The third-order valence-electron chi connectivity index (χ3n) is 6.90. The number of thiophene rings is 1. The third-order valence-corrected chi connectivity index (χ3v) is 8.11. The van der Waals surface area contributed by atoms with Crippen LogP contribution in [0, 0.1) is 18.8 Å². The summed E-state index contributed by atoms with van der Waals surface area (Å²) in [6, 6.07) is 0. The molecule has 7 nitrogen and oxygen atoms in total. The molecule has 1 saturated heterocycles. The summed E-state index contributed by atoms with van der Waals surface area (Å²) in [5.74, 6) is 0.0610. The number of hydrogen-bond acceptors (Lipinski definition) is 5. The minimum absolute atomic E-state index is 0.147. The summed E-state index contributed by atoms with van der Waals surface area (Å²) >= 11 is 1.64. The summed E-state index contributed by atoms with van der Waals surface area (Å²) in [6.45, 7) is 15.2. The molecule has 1 fully saturated rings. The molecular formula is C27H39N3O4S. The van der Waals surface area contributed by atoms with E-state index in [0.717, 1.165) is 30.4 Å². The van der Waals surface area contributed by atoms with Gasteiger partial charge < -0.3 is 15.0 Å². The number of nitrogens with zero attached hydrogens (tertiary/aromatic N) is 2. The first kappa shape index (κ1) is 27.1. The highest BCUT2D eigenvalue weighted by molar-refractivity contribution is 7.10. The van der Waals surface area contributed by atoms with E-state index in [4.69, 9.17) is 4.74 Å². The smallest absolute Gasteiger partial charge is 0.410 e. The normalized spacial score (nSPS) is 20.3. The van der Waals surface area contributed by atoms with Gasteiger partial charge in [0.2, 0.25) is 0 Å². The molecule has 2 aliphatic rings. The molecular weight excluding hydrogens is 462 g/mol. The van der Waals surface area contributed by atoms with Crippen LogP contribution in [0.15, 0.2) is 22.0 Å². The second-order valence-corrected chi connectivity index (χ2v) is 11.6. The Balaban J connectivity index is 1.62. The molecule has 3 heterocycles. The molecule has 0 radical (unpaired) electrons. The van der Waals surface area contributed by atoms with E-state index in [1.54, 1.807) is 18.3 Å². The van der Waals surface area contributed by atoms with Crippen LogP contribution in [0.4, 0.5) is 4.79 Å². The summed E-state index contributed by atoms with van der Waals surface area (Å²) in [5, 5.41) is 4.89. The van der Waals surface area contributed by atoms with E-state index in [9.17, 15) is 14.4 Å². The van der Waals surface area contributed by atoms with Crippen LogP contribution in [0.25, 0.3) is 0 Å². The summed E-state index contributed by atoms with van der Waals surface area (Å²) in [6.07, 6.45) is 4.49. The number of allylic oxidation sites excluding steroid dienone is 1. The van der Waals surface area contributed by atoms with Gasteiger partial charge in [0.1, 0.15) is 5.60 Å². The molecule has 0 bridgehead atoms. The van der Waals surface area contributed by atoms with Crippen molar-refractivity contribution in [3.63, 3.8) is 0 Å². The Morgan fingerprint density at radius 1 is 1.23 bits per heavy atom. The first-order chi connectivity index (χ1) is 16.4. The minimum atomic E-state index is -0.490. The SMILES string of the molecule is CCC(c1scc(C(=O)NCC2C(=O)N=C(C)C=C2C)c1C)C1CCN(C(=O)OC(C)(C)C)CC1. The zero-order valence-electron chi connectivity index (χ0n) is 22.1. The number of carbonyl (C=O) groups is 3. The van der Waals surface area contributed by atoms with Crippen LogP contribution < -0.4 is 5.32 Å². The van der Waals surface area contributed by atoms with Crippen molar-refractivity contribution in [1.82, 2.24) is 10.2 Å². The maximum atomic E-state index is 13.0. The predicted octanol–water partition coefficient (Wildman–Crippen LogP) is 5.49. The average molecular weight is 502 g/mol. The maximum absolute atomic E-state index is 13.0. The molecule has 2 unspecified atom stereocenters. The van der Waals surface area contributed by atoms with Gasteiger partial charge >= 0.3 is 6.09 Å². The Morgan fingerprint density at radius 3 is 2.46 bits per heavy atom. The molecule has 2 aliphatic heterocycles. The fraction of sp³-hybridized carbons (Fsp3) is 0.630. The van der Waals surface area contributed by atoms with Crippen molar-refractivity contribution >= 4 is 35.0 Å². The van der Waals surface area contributed by atoms with Crippen molar-refractivity contribution in [3.05, 3.63) is 33.0 Å². The number of hydrogen-bond donors (Lipinski definition) is 1. The van der Waals surface area contributed by atoms with E-state index >= 15 is 0 Å². The minimum Gasteiger partial charge on any atom is -0.444 e. The highest BCUT2D eigenvalue weighted by Gasteiger charge is 2.33. The summed E-state index contributed by atoms with van der Waals surface area (Å²) in [4.78, 5) is 44.8. The summed E-state index contributed by atoms with van der Waals surface area (Å²) < 4.78 is 5.53. The molecule has 1 aromatic heterocycles. The second-order valence-electron chi connectivity index (χ2n) is 10.7. The molecule has 192 valence electrons. The molecule has 2 atom stereocenters. The molecule has 1 aromatic rings. The highest BCUT2D eigenvalue weighted by atomic mass is 32.1. The Kier molecular flexibility index (Phi) is 8.57. The van der Waals surface area contributed by atoms with Crippen LogP contribution in [0.5, 0.6) is 0 Å². The number of carbonyl (C=O) groups excluding carboxylic acids is 3. The molecule has 0 spiro atoms. The highest BCUT2D eigenvalue weighted by Crippen LogP contribution is 2.40.